The van der Waals surface area contributed by atoms with Crippen LogP contribution in [-0.2, 0) is 9.53 Å². The molecule has 0 amide bonds. The Morgan fingerprint density at radius 1 is 1.12 bits per heavy atom. The van der Waals surface area contributed by atoms with E-state index in [9.17, 15) is 19.5 Å². The number of hydrogen-bond acceptors (Lipinski definition) is 9. The first-order chi connectivity index (χ1) is 19.7. The second-order valence-corrected chi connectivity index (χ2v) is 10.0. The number of benzene rings is 2. The number of fused-ring (bicyclic) bond motifs is 1. The molecule has 1 atom stereocenters. The van der Waals surface area contributed by atoms with Gasteiger partial charge in [0, 0.05) is 17.2 Å². The van der Waals surface area contributed by atoms with Crippen LogP contribution in [0.25, 0.3) is 17.4 Å². The zero-order valence-corrected chi connectivity index (χ0v) is 23.5. The van der Waals surface area contributed by atoms with Crippen LogP contribution < -0.4 is 24.4 Å². The maximum absolute atomic E-state index is 13.9. The average molecular weight is 575 g/mol. The van der Waals surface area contributed by atoms with Gasteiger partial charge in [-0.1, -0.05) is 23.5 Å². The summed E-state index contributed by atoms with van der Waals surface area (Å²) in [5.41, 5.74) is 1.51. The molecule has 0 saturated carbocycles. The highest BCUT2D eigenvalue weighted by atomic mass is 32.1. The number of hydrogen-bond donors (Lipinski definition) is 1. The van der Waals surface area contributed by atoms with E-state index >= 15 is 0 Å². The molecule has 0 fully saturated rings. The van der Waals surface area contributed by atoms with E-state index in [1.165, 1.54) is 30.9 Å². The lowest BCUT2D eigenvalue weighted by atomic mass is 9.95. The Morgan fingerprint density at radius 2 is 1.93 bits per heavy atom. The maximum Gasteiger partial charge on any atom is 0.338 e. The van der Waals surface area contributed by atoms with Gasteiger partial charge in [-0.3, -0.25) is 9.36 Å². The number of nitrogens with zero attached hydrogens (tertiary/aromatic N) is 2. The van der Waals surface area contributed by atoms with Gasteiger partial charge in [0.15, 0.2) is 4.80 Å². The Labute approximate surface area is 238 Å². The molecule has 1 unspecified atom stereocenters. The molecule has 1 aliphatic heterocycles. The Bertz CT molecular complexity index is 1880. The van der Waals surface area contributed by atoms with E-state index in [2.05, 4.69) is 4.99 Å². The van der Waals surface area contributed by atoms with Crippen LogP contribution in [0.2, 0.25) is 0 Å². The summed E-state index contributed by atoms with van der Waals surface area (Å²) in [5.74, 6) is 0.197. The molecule has 2 aromatic heterocycles. The van der Waals surface area contributed by atoms with Crippen molar-refractivity contribution in [1.82, 2.24) is 4.57 Å². The lowest BCUT2D eigenvalue weighted by molar-refractivity contribution is -0.139. The van der Waals surface area contributed by atoms with E-state index in [1.807, 2.05) is 0 Å². The van der Waals surface area contributed by atoms with Gasteiger partial charge in [0.25, 0.3) is 5.56 Å². The fourth-order valence-electron chi connectivity index (χ4n) is 4.66. The van der Waals surface area contributed by atoms with Crippen LogP contribution in [-0.4, -0.2) is 42.4 Å². The molecule has 0 spiro atoms. The lowest BCUT2D eigenvalue weighted by Gasteiger charge is -2.26. The van der Waals surface area contributed by atoms with Crippen molar-refractivity contribution in [2.24, 2.45) is 4.99 Å². The summed E-state index contributed by atoms with van der Waals surface area (Å²) in [6.45, 7) is 3.56. The molecular weight excluding hydrogens is 548 g/mol. The molecule has 11 heteroatoms. The Kier molecular flexibility index (Phi) is 7.62. The van der Waals surface area contributed by atoms with Gasteiger partial charge in [0.2, 0.25) is 0 Å². The zero-order chi connectivity index (χ0) is 29.3. The van der Waals surface area contributed by atoms with Crippen molar-refractivity contribution in [3.63, 3.8) is 0 Å². The summed E-state index contributed by atoms with van der Waals surface area (Å²) in [7, 11) is 3.04. The summed E-state index contributed by atoms with van der Waals surface area (Å²) >= 11 is 1.15. The Balaban J connectivity index is 1.66. The summed E-state index contributed by atoms with van der Waals surface area (Å²) in [4.78, 5) is 43.4. The molecule has 0 saturated heterocycles. The van der Waals surface area contributed by atoms with E-state index in [0.717, 1.165) is 11.3 Å². The molecule has 0 radical (unpaired) electrons. The van der Waals surface area contributed by atoms with Gasteiger partial charge in [0.05, 0.1) is 42.2 Å². The van der Waals surface area contributed by atoms with Gasteiger partial charge in [-0.05, 0) is 56.3 Å². The number of methoxy groups -OCH3 is 2. The number of allylic oxidation sites excluding steroid dienone is 1. The standard InChI is InChI=1S/C30H26N2O8S/c1-5-39-29(36)25-16(2)31-30-32(26(25)21-14-19(37-3)9-12-23(21)38-4)27(33)24(41-30)15-20-10-11-22(40-20)17-7-6-8-18(13-17)28(34)35/h6-15,26H,5H2,1-4H3,(H,34,35)/b24-15-. The number of esters is 1. The minimum atomic E-state index is -1.04. The van der Waals surface area contributed by atoms with Crippen molar-refractivity contribution in [1.29, 1.82) is 0 Å². The third-order valence-electron chi connectivity index (χ3n) is 6.54. The molecular formula is C30H26N2O8S. The smallest absolute Gasteiger partial charge is 0.338 e. The van der Waals surface area contributed by atoms with Gasteiger partial charge in [-0.25, -0.2) is 14.6 Å². The molecule has 2 aromatic carbocycles. The highest BCUT2D eigenvalue weighted by molar-refractivity contribution is 7.07. The molecule has 1 aliphatic rings. The fraction of sp³-hybridized carbons (Fsp3) is 0.200. The van der Waals surface area contributed by atoms with Gasteiger partial charge >= 0.3 is 11.9 Å². The fourth-order valence-corrected chi connectivity index (χ4v) is 5.69. The van der Waals surface area contributed by atoms with Crippen molar-refractivity contribution in [3.8, 4) is 22.8 Å². The SMILES string of the molecule is CCOC(=O)C1=C(C)N=c2s/c(=C\c3ccc(-c4cccc(C(=O)O)c4)o3)c(=O)n2C1c1cc(OC)ccc1OC. The van der Waals surface area contributed by atoms with Gasteiger partial charge in [-0.2, -0.15) is 0 Å². The predicted molar refractivity (Wildman–Crippen MR) is 151 cm³/mol. The lowest BCUT2D eigenvalue weighted by Crippen LogP contribution is -2.40. The molecule has 0 aliphatic carbocycles. The number of carbonyl (C=O) groups excluding carboxylic acids is 1. The topological polar surface area (TPSA) is 130 Å². The van der Waals surface area contributed by atoms with Crippen LogP contribution in [0.1, 0.15) is 41.6 Å². The van der Waals surface area contributed by atoms with Gasteiger partial charge in [0.1, 0.15) is 29.1 Å². The van der Waals surface area contributed by atoms with Crippen molar-refractivity contribution in [3.05, 3.63) is 102 Å². The number of carboxylic acid groups (broad SMARTS) is 1. The predicted octanol–water partition coefficient (Wildman–Crippen LogP) is 3.77. The first kappa shape index (κ1) is 27.7. The highest BCUT2D eigenvalue weighted by Crippen LogP contribution is 2.37. The molecule has 210 valence electrons. The average Bonchev–Trinajstić information content (AvgIpc) is 3.56. The second-order valence-electron chi connectivity index (χ2n) is 9.00. The normalized spacial score (nSPS) is 14.8. The van der Waals surface area contributed by atoms with Crippen molar-refractivity contribution in [2.75, 3.05) is 20.8 Å². The van der Waals surface area contributed by atoms with E-state index < -0.39 is 18.0 Å². The summed E-state index contributed by atoms with van der Waals surface area (Å²) in [6, 6.07) is 14.1. The van der Waals surface area contributed by atoms with Crippen LogP contribution in [0.5, 0.6) is 11.5 Å². The number of carbonyl (C=O) groups is 2. The number of rotatable bonds is 8. The third-order valence-corrected chi connectivity index (χ3v) is 7.53. The number of thiazole rings is 1. The van der Waals surface area contributed by atoms with Crippen LogP contribution in [0.15, 0.2) is 80.1 Å². The number of ether oxygens (including phenoxy) is 3. The summed E-state index contributed by atoms with van der Waals surface area (Å²) < 4.78 is 24.1. The molecule has 4 aromatic rings. The van der Waals surface area contributed by atoms with E-state index in [0.29, 0.717) is 49.2 Å². The molecule has 0 bridgehead atoms. The minimum absolute atomic E-state index is 0.134. The third kappa shape index (κ3) is 5.19. The zero-order valence-electron chi connectivity index (χ0n) is 22.7. The maximum atomic E-state index is 13.9. The van der Waals surface area contributed by atoms with Crippen molar-refractivity contribution in [2.45, 2.75) is 19.9 Å². The molecule has 1 N–H and O–H groups in total. The number of furan rings is 1. The van der Waals surface area contributed by atoms with Crippen molar-refractivity contribution >= 4 is 29.4 Å². The van der Waals surface area contributed by atoms with E-state index in [-0.39, 0.29) is 23.3 Å². The first-order valence-electron chi connectivity index (χ1n) is 12.6. The van der Waals surface area contributed by atoms with Crippen molar-refractivity contribution < 1.29 is 33.3 Å². The summed E-state index contributed by atoms with van der Waals surface area (Å²) in [5, 5.41) is 9.31. The Morgan fingerprint density at radius 3 is 2.63 bits per heavy atom. The van der Waals surface area contributed by atoms with Crippen LogP contribution in [0.4, 0.5) is 0 Å². The van der Waals surface area contributed by atoms with Gasteiger partial charge in [-0.15, -0.1) is 0 Å². The van der Waals surface area contributed by atoms with Crippen LogP contribution >= 0.6 is 11.3 Å². The summed E-state index contributed by atoms with van der Waals surface area (Å²) in [6.07, 6.45) is 1.59. The second kappa shape index (κ2) is 11.3. The molecule has 10 nitrogen and oxygen atoms in total. The van der Waals surface area contributed by atoms with E-state index in [4.69, 9.17) is 18.6 Å². The van der Waals surface area contributed by atoms with Gasteiger partial charge < -0.3 is 23.7 Å². The van der Waals surface area contributed by atoms with Crippen LogP contribution in [0, 0.1) is 0 Å². The minimum Gasteiger partial charge on any atom is -0.497 e. The van der Waals surface area contributed by atoms with E-state index in [1.54, 1.807) is 62.4 Å². The Hall–Kier alpha value is -4.90. The molecule has 41 heavy (non-hydrogen) atoms. The number of aromatic nitrogens is 1. The quantitative estimate of drug-likeness (QED) is 0.315. The highest BCUT2D eigenvalue weighted by Gasteiger charge is 2.35. The monoisotopic (exact) mass is 574 g/mol. The first-order valence-corrected chi connectivity index (χ1v) is 13.4. The molecule has 3 heterocycles. The largest absolute Gasteiger partial charge is 0.497 e. The number of carboxylic acids is 1. The number of aromatic carboxylic acids is 1. The van der Waals surface area contributed by atoms with Crippen LogP contribution in [0.3, 0.4) is 0 Å². The molecule has 5 rings (SSSR count).